The Morgan fingerprint density at radius 1 is 1.12 bits per heavy atom. The minimum absolute atomic E-state index is 0.109. The second-order valence-corrected chi connectivity index (χ2v) is 7.73. The Morgan fingerprint density at radius 3 is 2.42 bits per heavy atom. The Bertz CT molecular complexity index is 853. The van der Waals surface area contributed by atoms with Gasteiger partial charge in [0.15, 0.2) is 6.73 Å². The van der Waals surface area contributed by atoms with Gasteiger partial charge in [-0.25, -0.2) is 9.58 Å². The van der Waals surface area contributed by atoms with Crippen LogP contribution in [0, 0.1) is 11.8 Å². The van der Waals surface area contributed by atoms with Crippen molar-refractivity contribution in [3.8, 4) is 5.75 Å². The van der Waals surface area contributed by atoms with Crippen LogP contribution in [0.4, 0.5) is 5.69 Å². The van der Waals surface area contributed by atoms with Crippen LogP contribution in [0.25, 0.3) is 0 Å². The lowest BCUT2D eigenvalue weighted by molar-refractivity contribution is -0.124. The van der Waals surface area contributed by atoms with Gasteiger partial charge in [0.25, 0.3) is 0 Å². The van der Waals surface area contributed by atoms with E-state index in [0.717, 1.165) is 17.3 Å². The fourth-order valence-corrected chi connectivity index (χ4v) is 4.44. The molecule has 4 heterocycles. The molecule has 0 saturated carbocycles. The zero-order chi connectivity index (χ0) is 17.8. The first-order chi connectivity index (χ1) is 12.6. The predicted molar refractivity (Wildman–Crippen MR) is 94.4 cm³/mol. The van der Waals surface area contributed by atoms with Gasteiger partial charge in [-0.3, -0.25) is 9.59 Å². The lowest BCUT2D eigenvalue weighted by atomic mass is 9.81. The third kappa shape index (κ3) is 2.39. The van der Waals surface area contributed by atoms with Gasteiger partial charge in [-0.1, -0.05) is 15.9 Å². The molecular weight excluding hydrogens is 402 g/mol. The number of halogens is 1. The van der Waals surface area contributed by atoms with Crippen molar-refractivity contribution >= 4 is 33.4 Å². The molecule has 1 aromatic carbocycles. The van der Waals surface area contributed by atoms with E-state index >= 15 is 0 Å². The molecule has 0 spiro atoms. The Balaban J connectivity index is 1.31. The van der Waals surface area contributed by atoms with Gasteiger partial charge < -0.3 is 9.47 Å². The van der Waals surface area contributed by atoms with E-state index in [1.807, 2.05) is 24.3 Å². The number of nitrogens with zero attached hydrogens (tertiary/aromatic N) is 3. The number of imide groups is 1. The second kappa shape index (κ2) is 5.92. The topological polar surface area (TPSA) is 73.7 Å². The lowest BCUT2D eigenvalue weighted by Gasteiger charge is -2.15. The van der Waals surface area contributed by atoms with Crippen LogP contribution in [0.5, 0.6) is 5.75 Å². The first-order valence-electron chi connectivity index (χ1n) is 8.56. The van der Waals surface area contributed by atoms with Gasteiger partial charge in [0.1, 0.15) is 5.75 Å². The van der Waals surface area contributed by atoms with E-state index in [1.54, 1.807) is 10.9 Å². The molecule has 7 nitrogen and oxygen atoms in total. The van der Waals surface area contributed by atoms with E-state index in [-0.39, 0.29) is 42.6 Å². The molecule has 3 aliphatic heterocycles. The molecule has 5 rings (SSSR count). The monoisotopic (exact) mass is 417 g/mol. The van der Waals surface area contributed by atoms with Crippen LogP contribution in [0.2, 0.25) is 0 Å². The van der Waals surface area contributed by atoms with Crippen molar-refractivity contribution in [3.05, 3.63) is 41.1 Å². The van der Waals surface area contributed by atoms with Crippen LogP contribution in [-0.2, 0) is 21.1 Å². The van der Waals surface area contributed by atoms with E-state index in [0.29, 0.717) is 11.4 Å². The van der Waals surface area contributed by atoms with Gasteiger partial charge in [-0.15, -0.1) is 0 Å². The molecule has 0 N–H and O–H groups in total. The van der Waals surface area contributed by atoms with Crippen molar-refractivity contribution < 1.29 is 19.1 Å². The average molecular weight is 418 g/mol. The smallest absolute Gasteiger partial charge is 0.240 e. The number of benzene rings is 1. The third-order valence-corrected chi connectivity index (χ3v) is 5.87. The molecular formula is C18H16BrN3O4. The molecule has 2 aromatic rings. The highest BCUT2D eigenvalue weighted by Crippen LogP contribution is 2.49. The molecule has 3 aliphatic rings. The number of hydrogen-bond acceptors (Lipinski definition) is 5. The molecule has 4 atom stereocenters. The Labute approximate surface area is 158 Å². The summed E-state index contributed by atoms with van der Waals surface area (Å²) in [5.41, 5.74) is 0.494. The molecule has 0 aliphatic carbocycles. The minimum Gasteiger partial charge on any atom is -0.471 e. The first-order valence-corrected chi connectivity index (χ1v) is 9.35. The first kappa shape index (κ1) is 16.0. The molecule has 1 aromatic heterocycles. The van der Waals surface area contributed by atoms with E-state index < -0.39 is 0 Å². The fraction of sp³-hybridized carbons (Fsp3) is 0.389. The zero-order valence-electron chi connectivity index (χ0n) is 13.7. The fourth-order valence-electron chi connectivity index (χ4n) is 4.18. The van der Waals surface area contributed by atoms with Crippen LogP contribution >= 0.6 is 15.9 Å². The number of amides is 2. The van der Waals surface area contributed by atoms with E-state index in [2.05, 4.69) is 21.0 Å². The van der Waals surface area contributed by atoms with Gasteiger partial charge in [0, 0.05) is 4.47 Å². The zero-order valence-corrected chi connectivity index (χ0v) is 15.3. The van der Waals surface area contributed by atoms with Crippen molar-refractivity contribution in [2.24, 2.45) is 11.8 Å². The molecule has 0 unspecified atom stereocenters. The Morgan fingerprint density at radius 2 is 1.77 bits per heavy atom. The van der Waals surface area contributed by atoms with E-state index in [4.69, 9.17) is 9.47 Å². The number of anilines is 1. The van der Waals surface area contributed by atoms with E-state index in [9.17, 15) is 9.59 Å². The molecule has 8 heteroatoms. The highest BCUT2D eigenvalue weighted by molar-refractivity contribution is 9.10. The normalized spacial score (nSPS) is 29.5. The van der Waals surface area contributed by atoms with Crippen molar-refractivity contribution in [2.75, 3.05) is 4.90 Å². The van der Waals surface area contributed by atoms with Crippen molar-refractivity contribution in [3.63, 3.8) is 0 Å². The summed E-state index contributed by atoms with van der Waals surface area (Å²) < 4.78 is 14.0. The maximum Gasteiger partial charge on any atom is 0.240 e. The quantitative estimate of drug-likeness (QED) is 0.713. The average Bonchev–Trinajstić information content (AvgIpc) is 3.39. The molecule has 3 saturated heterocycles. The summed E-state index contributed by atoms with van der Waals surface area (Å²) in [6.45, 7) is 0.194. The number of ether oxygens (including phenoxy) is 2. The summed E-state index contributed by atoms with van der Waals surface area (Å²) >= 11 is 3.38. The molecule has 3 fully saturated rings. The highest BCUT2D eigenvalue weighted by atomic mass is 79.9. The van der Waals surface area contributed by atoms with Crippen LogP contribution in [-0.4, -0.2) is 33.8 Å². The highest BCUT2D eigenvalue weighted by Gasteiger charge is 2.62. The number of rotatable bonds is 4. The van der Waals surface area contributed by atoms with Crippen LogP contribution in [0.3, 0.4) is 0 Å². The number of fused-ring (bicyclic) bond motifs is 5. The third-order valence-electron chi connectivity index (χ3n) is 5.34. The number of hydrogen-bond donors (Lipinski definition) is 0. The number of aromatic nitrogens is 2. The van der Waals surface area contributed by atoms with Crippen molar-refractivity contribution in [1.29, 1.82) is 0 Å². The SMILES string of the molecule is O=C1[C@@H]2[C@@H](C(=O)N1c1cnn(COc3ccc(Br)cc3)c1)[C@H]1CC[C@@H]2O1. The Kier molecular flexibility index (Phi) is 3.65. The largest absolute Gasteiger partial charge is 0.471 e. The summed E-state index contributed by atoms with van der Waals surface area (Å²) in [7, 11) is 0. The minimum atomic E-state index is -0.330. The Hall–Kier alpha value is -2.19. The lowest BCUT2D eigenvalue weighted by Crippen LogP contribution is -2.34. The summed E-state index contributed by atoms with van der Waals surface area (Å²) in [6.07, 6.45) is 4.70. The van der Waals surface area contributed by atoms with Gasteiger partial charge in [-0.05, 0) is 37.1 Å². The summed E-state index contributed by atoms with van der Waals surface area (Å²) in [6, 6.07) is 7.47. The van der Waals surface area contributed by atoms with Gasteiger partial charge in [0.05, 0.1) is 42.1 Å². The maximum absolute atomic E-state index is 12.8. The molecule has 2 bridgehead atoms. The van der Waals surface area contributed by atoms with Crippen molar-refractivity contribution in [2.45, 2.75) is 31.8 Å². The number of carbonyl (C=O) groups is 2. The molecule has 26 heavy (non-hydrogen) atoms. The van der Waals surface area contributed by atoms with E-state index in [1.165, 1.54) is 11.1 Å². The molecule has 134 valence electrons. The second-order valence-electron chi connectivity index (χ2n) is 6.82. The van der Waals surface area contributed by atoms with Gasteiger partial charge in [-0.2, -0.15) is 5.10 Å². The number of carbonyl (C=O) groups excluding carboxylic acids is 2. The summed E-state index contributed by atoms with van der Waals surface area (Å²) in [5, 5.41) is 4.21. The van der Waals surface area contributed by atoms with Gasteiger partial charge in [0.2, 0.25) is 11.8 Å². The van der Waals surface area contributed by atoms with Crippen LogP contribution in [0.1, 0.15) is 12.8 Å². The predicted octanol–water partition coefficient (Wildman–Crippen LogP) is 2.35. The molecule has 2 amide bonds. The standard InChI is InChI=1S/C18H16BrN3O4/c19-10-1-3-12(4-2-10)25-9-21-8-11(7-20-21)22-17(23)15-13-5-6-14(26-13)16(15)18(22)24/h1-4,7-8,13-16H,5-6,9H2/t13-,14+,15-,16-/m0/s1. The van der Waals surface area contributed by atoms with Crippen molar-refractivity contribution in [1.82, 2.24) is 9.78 Å². The summed E-state index contributed by atoms with van der Waals surface area (Å²) in [4.78, 5) is 26.8. The van der Waals surface area contributed by atoms with Crippen LogP contribution < -0.4 is 9.64 Å². The molecule has 0 radical (unpaired) electrons. The van der Waals surface area contributed by atoms with Crippen LogP contribution in [0.15, 0.2) is 41.1 Å². The van der Waals surface area contributed by atoms with Gasteiger partial charge >= 0.3 is 0 Å². The summed E-state index contributed by atoms with van der Waals surface area (Å²) in [5.74, 6) is -0.282. The maximum atomic E-state index is 12.8.